The van der Waals surface area contributed by atoms with E-state index in [9.17, 15) is 19.2 Å². The van der Waals surface area contributed by atoms with E-state index in [0.29, 0.717) is 63.0 Å². The highest BCUT2D eigenvalue weighted by Gasteiger charge is 2.17. The summed E-state index contributed by atoms with van der Waals surface area (Å²) in [7, 11) is 2.57. The zero-order chi connectivity index (χ0) is 33.4. The molecule has 0 unspecified atom stereocenters. The number of benzene rings is 2. The molecule has 0 N–H and O–H groups in total. The van der Waals surface area contributed by atoms with Gasteiger partial charge in [0.2, 0.25) is 11.8 Å². The van der Waals surface area contributed by atoms with Crippen LogP contribution in [0.1, 0.15) is 51.4 Å². The smallest absolute Gasteiger partial charge is 0.325 e. The highest BCUT2D eigenvalue weighted by atomic mass is 35.5. The standard InChI is InChI=1S/C30H30Cl4N4O6S2/c1-43-25(41)15-37-27-19(33)11-17(31)13-21(27)45-29(37)35-23(39)9-7-5-3-4-6-8-10-24(40)36-30-38(16-26(42)44-2)28-20(34)12-18(32)14-22(28)46-30/h11-14H,3-10,15-16H2,1-2H3. The van der Waals surface area contributed by atoms with Crippen LogP contribution >= 0.6 is 69.1 Å². The molecule has 4 aromatic rings. The van der Waals surface area contributed by atoms with Gasteiger partial charge < -0.3 is 18.6 Å². The third-order valence-electron chi connectivity index (χ3n) is 6.89. The molecule has 4 rings (SSSR count). The van der Waals surface area contributed by atoms with Gasteiger partial charge in [0.25, 0.3) is 0 Å². The lowest BCUT2D eigenvalue weighted by Crippen LogP contribution is -2.22. The van der Waals surface area contributed by atoms with Crippen LogP contribution in [0.5, 0.6) is 0 Å². The first kappa shape index (κ1) is 36.1. The minimum absolute atomic E-state index is 0.138. The first-order chi connectivity index (χ1) is 22.0. The van der Waals surface area contributed by atoms with Crippen molar-refractivity contribution in [2.75, 3.05) is 14.2 Å². The molecular weight excluding hydrogens is 718 g/mol. The molecule has 0 bridgehead atoms. The van der Waals surface area contributed by atoms with Crippen molar-refractivity contribution in [3.8, 4) is 0 Å². The van der Waals surface area contributed by atoms with Gasteiger partial charge >= 0.3 is 11.9 Å². The van der Waals surface area contributed by atoms with Crippen molar-refractivity contribution < 1.29 is 28.7 Å². The van der Waals surface area contributed by atoms with Gasteiger partial charge in [0.05, 0.1) is 44.7 Å². The number of aromatic nitrogens is 2. The Morgan fingerprint density at radius 3 is 1.37 bits per heavy atom. The van der Waals surface area contributed by atoms with E-state index < -0.39 is 11.9 Å². The molecule has 10 nitrogen and oxygen atoms in total. The molecule has 2 aromatic carbocycles. The Labute approximate surface area is 292 Å². The number of halogens is 4. The van der Waals surface area contributed by atoms with Crippen molar-refractivity contribution >= 4 is 113 Å². The normalized spacial score (nSPS) is 12.3. The molecule has 0 aliphatic carbocycles. The Hall–Kier alpha value is -2.74. The van der Waals surface area contributed by atoms with E-state index in [4.69, 9.17) is 55.9 Å². The maximum absolute atomic E-state index is 12.7. The monoisotopic (exact) mass is 746 g/mol. The maximum atomic E-state index is 12.7. The summed E-state index contributed by atoms with van der Waals surface area (Å²) in [4.78, 5) is 58.5. The number of esters is 2. The quantitative estimate of drug-likeness (QED) is 0.104. The van der Waals surface area contributed by atoms with Gasteiger partial charge in [0, 0.05) is 22.9 Å². The minimum Gasteiger partial charge on any atom is -0.468 e. The molecule has 246 valence electrons. The lowest BCUT2D eigenvalue weighted by Gasteiger charge is -2.05. The third-order valence-corrected chi connectivity index (χ3v) is 9.96. The summed E-state index contributed by atoms with van der Waals surface area (Å²) < 4.78 is 14.1. The van der Waals surface area contributed by atoms with Crippen molar-refractivity contribution in [1.29, 1.82) is 0 Å². The zero-order valence-corrected chi connectivity index (χ0v) is 29.6. The molecule has 0 saturated heterocycles. The second-order valence-corrected chi connectivity index (χ2v) is 13.9. The summed E-state index contributed by atoms with van der Waals surface area (Å²) in [6, 6.07) is 6.57. The number of methoxy groups -OCH3 is 2. The number of hydrogen-bond acceptors (Lipinski definition) is 8. The Kier molecular flexibility index (Phi) is 13.3. The van der Waals surface area contributed by atoms with E-state index >= 15 is 0 Å². The van der Waals surface area contributed by atoms with Crippen LogP contribution in [0.4, 0.5) is 0 Å². The van der Waals surface area contributed by atoms with Crippen LogP contribution in [-0.4, -0.2) is 47.1 Å². The number of hydrogen-bond donors (Lipinski definition) is 0. The molecule has 2 aromatic heterocycles. The number of fused-ring (bicyclic) bond motifs is 2. The second kappa shape index (κ2) is 16.9. The predicted octanol–water partition coefficient (Wildman–Crippen LogP) is 7.35. The molecule has 0 atom stereocenters. The number of thiazole rings is 2. The van der Waals surface area contributed by atoms with E-state index in [1.54, 1.807) is 33.4 Å². The highest BCUT2D eigenvalue weighted by molar-refractivity contribution is 7.16. The summed E-state index contributed by atoms with van der Waals surface area (Å²) in [6.45, 7) is -0.277. The first-order valence-electron chi connectivity index (χ1n) is 14.3. The molecule has 46 heavy (non-hydrogen) atoms. The third kappa shape index (κ3) is 9.42. The molecule has 2 heterocycles. The minimum atomic E-state index is -0.493. The molecule has 0 fully saturated rings. The zero-order valence-electron chi connectivity index (χ0n) is 24.9. The van der Waals surface area contributed by atoms with Crippen LogP contribution in [0.15, 0.2) is 34.3 Å². The van der Waals surface area contributed by atoms with Crippen LogP contribution in [0.3, 0.4) is 0 Å². The van der Waals surface area contributed by atoms with E-state index in [0.717, 1.165) is 25.7 Å². The Morgan fingerprint density at radius 1 is 0.630 bits per heavy atom. The number of amides is 2. The number of unbranched alkanes of at least 4 members (excludes halogenated alkanes) is 5. The Bertz CT molecular complexity index is 1790. The van der Waals surface area contributed by atoms with Gasteiger partial charge in [-0.1, -0.05) is 94.8 Å². The molecule has 0 spiro atoms. The van der Waals surface area contributed by atoms with Crippen LogP contribution in [0, 0.1) is 0 Å². The molecule has 16 heteroatoms. The van der Waals surface area contributed by atoms with Gasteiger partial charge in [0.15, 0.2) is 9.60 Å². The number of ether oxygens (including phenoxy) is 2. The van der Waals surface area contributed by atoms with E-state index in [2.05, 4.69) is 9.98 Å². The van der Waals surface area contributed by atoms with E-state index in [-0.39, 0.29) is 37.7 Å². The second-order valence-electron chi connectivity index (χ2n) is 10.2. The molecule has 0 aliphatic rings. The van der Waals surface area contributed by atoms with Gasteiger partial charge in [-0.15, -0.1) is 0 Å². The van der Waals surface area contributed by atoms with Crippen LogP contribution in [0.25, 0.3) is 20.4 Å². The van der Waals surface area contributed by atoms with Crippen molar-refractivity contribution in [1.82, 2.24) is 9.13 Å². The molecule has 0 saturated carbocycles. The number of nitrogens with zero attached hydrogens (tertiary/aromatic N) is 4. The summed E-state index contributed by atoms with van der Waals surface area (Å²) in [6.07, 6.45) is 5.28. The van der Waals surface area contributed by atoms with Crippen molar-refractivity contribution in [2.24, 2.45) is 9.98 Å². The van der Waals surface area contributed by atoms with E-state index in [1.165, 1.54) is 36.9 Å². The molecule has 2 amide bonds. The Morgan fingerprint density at radius 2 is 1.00 bits per heavy atom. The van der Waals surface area contributed by atoms with Gasteiger partial charge in [0.1, 0.15) is 13.1 Å². The summed E-state index contributed by atoms with van der Waals surface area (Å²) >= 11 is 27.5. The fourth-order valence-electron chi connectivity index (χ4n) is 4.69. The van der Waals surface area contributed by atoms with Gasteiger partial charge in [-0.05, 0) is 37.1 Å². The fraction of sp³-hybridized carbons (Fsp3) is 0.400. The van der Waals surface area contributed by atoms with Gasteiger partial charge in [-0.3, -0.25) is 19.2 Å². The largest absolute Gasteiger partial charge is 0.468 e. The number of carbonyl (C=O) groups excluding carboxylic acids is 4. The maximum Gasteiger partial charge on any atom is 0.325 e. The lowest BCUT2D eigenvalue weighted by atomic mass is 10.1. The number of carbonyl (C=O) groups is 4. The topological polar surface area (TPSA) is 121 Å². The van der Waals surface area contributed by atoms with Crippen molar-refractivity contribution in [3.63, 3.8) is 0 Å². The lowest BCUT2D eigenvalue weighted by molar-refractivity contribution is -0.142. The van der Waals surface area contributed by atoms with Crippen molar-refractivity contribution in [3.05, 3.63) is 54.0 Å². The average Bonchev–Trinajstić information content (AvgIpc) is 3.50. The molecular formula is C30H30Cl4N4O6S2. The predicted molar refractivity (Wildman–Crippen MR) is 182 cm³/mol. The average molecular weight is 749 g/mol. The summed E-state index contributed by atoms with van der Waals surface area (Å²) in [5, 5.41) is 1.59. The van der Waals surface area contributed by atoms with Gasteiger partial charge in [-0.25, -0.2) is 0 Å². The molecule has 0 radical (unpaired) electrons. The Balaban J connectivity index is 1.27. The number of rotatable bonds is 13. The first-order valence-corrected chi connectivity index (χ1v) is 17.4. The summed E-state index contributed by atoms with van der Waals surface area (Å²) in [5.74, 6) is -1.58. The van der Waals surface area contributed by atoms with E-state index in [1.807, 2.05) is 0 Å². The SMILES string of the molecule is COC(=O)Cn1c(=NC(=O)CCCCCCCCC(=O)N=c2sc3cc(Cl)cc(Cl)c3n2CC(=O)OC)sc2cc(Cl)cc(Cl)c21. The van der Waals surface area contributed by atoms with Crippen LogP contribution in [-0.2, 0) is 41.7 Å². The summed E-state index contributed by atoms with van der Waals surface area (Å²) in [5.41, 5.74) is 1.13. The highest BCUT2D eigenvalue weighted by Crippen LogP contribution is 2.31. The van der Waals surface area contributed by atoms with Crippen LogP contribution in [0.2, 0.25) is 20.1 Å². The van der Waals surface area contributed by atoms with Crippen molar-refractivity contribution in [2.45, 2.75) is 64.5 Å². The fourth-order valence-corrected chi connectivity index (χ4v) is 8.35. The molecule has 0 aliphatic heterocycles. The van der Waals surface area contributed by atoms with Gasteiger partial charge in [-0.2, -0.15) is 9.98 Å². The van der Waals surface area contributed by atoms with Crippen LogP contribution < -0.4 is 9.60 Å².